The van der Waals surface area contributed by atoms with Crippen LogP contribution in [0.5, 0.6) is 23.0 Å². The number of para-hydroxylation sites is 1. The molecule has 2 aromatic carbocycles. The topological polar surface area (TPSA) is 53.7 Å². The van der Waals surface area contributed by atoms with Crippen molar-refractivity contribution in [3.63, 3.8) is 0 Å². The van der Waals surface area contributed by atoms with Crippen LogP contribution in [0.15, 0.2) is 42.5 Å². The van der Waals surface area contributed by atoms with Crippen LogP contribution in [-0.2, 0) is 0 Å². The highest BCUT2D eigenvalue weighted by Crippen LogP contribution is 2.39. The molecule has 0 aromatic heterocycles. The first-order valence-corrected chi connectivity index (χ1v) is 6.94. The van der Waals surface area contributed by atoms with E-state index in [4.69, 9.17) is 19.9 Å². The van der Waals surface area contributed by atoms with Crippen molar-refractivity contribution >= 4 is 0 Å². The lowest BCUT2D eigenvalue weighted by atomic mass is 10.1. The Morgan fingerprint density at radius 3 is 2.00 bits per heavy atom. The van der Waals surface area contributed by atoms with Crippen molar-refractivity contribution in [2.45, 2.75) is 19.4 Å². The molecular formula is C17H21NO3. The van der Waals surface area contributed by atoms with E-state index in [0.717, 1.165) is 12.0 Å². The van der Waals surface area contributed by atoms with E-state index in [9.17, 15) is 0 Å². The molecule has 0 spiro atoms. The van der Waals surface area contributed by atoms with Crippen molar-refractivity contribution in [2.24, 2.45) is 5.73 Å². The molecule has 0 aliphatic carbocycles. The monoisotopic (exact) mass is 287 g/mol. The summed E-state index contributed by atoms with van der Waals surface area (Å²) >= 11 is 0. The van der Waals surface area contributed by atoms with Crippen molar-refractivity contribution in [3.8, 4) is 23.0 Å². The van der Waals surface area contributed by atoms with Gasteiger partial charge in [0.25, 0.3) is 0 Å². The summed E-state index contributed by atoms with van der Waals surface area (Å²) in [6.45, 7) is 2.06. The molecule has 4 nitrogen and oxygen atoms in total. The van der Waals surface area contributed by atoms with Crippen molar-refractivity contribution in [2.75, 3.05) is 14.2 Å². The SMILES string of the molecule is CC[C@H](N)c1ccc(Oc2c(OC)cccc2OC)cc1. The molecule has 2 rings (SSSR count). The predicted octanol–water partition coefficient (Wildman–Crippen LogP) is 3.91. The molecule has 0 saturated heterocycles. The highest BCUT2D eigenvalue weighted by atomic mass is 16.5. The van der Waals surface area contributed by atoms with Crippen LogP contribution in [0.2, 0.25) is 0 Å². The molecule has 21 heavy (non-hydrogen) atoms. The standard InChI is InChI=1S/C17H21NO3/c1-4-14(18)12-8-10-13(11-9-12)21-17-15(19-2)6-5-7-16(17)20-3/h5-11,14H,4,18H2,1-3H3/t14-/m0/s1. The average molecular weight is 287 g/mol. The number of hydrogen-bond donors (Lipinski definition) is 1. The second kappa shape index (κ2) is 6.99. The maximum atomic E-state index is 6.01. The Morgan fingerprint density at radius 1 is 0.952 bits per heavy atom. The minimum atomic E-state index is 0.0554. The normalized spacial score (nSPS) is 11.8. The first-order valence-electron chi connectivity index (χ1n) is 6.94. The summed E-state index contributed by atoms with van der Waals surface area (Å²) in [6, 6.07) is 13.3. The van der Waals surface area contributed by atoms with Gasteiger partial charge in [0.15, 0.2) is 11.5 Å². The van der Waals surface area contributed by atoms with E-state index >= 15 is 0 Å². The zero-order chi connectivity index (χ0) is 15.2. The van der Waals surface area contributed by atoms with Gasteiger partial charge >= 0.3 is 0 Å². The number of hydrogen-bond acceptors (Lipinski definition) is 4. The molecule has 0 aliphatic rings. The second-order valence-electron chi connectivity index (χ2n) is 4.68. The Morgan fingerprint density at radius 2 is 1.52 bits per heavy atom. The third-order valence-corrected chi connectivity index (χ3v) is 3.35. The largest absolute Gasteiger partial charge is 0.493 e. The number of nitrogens with two attached hydrogens (primary N) is 1. The third kappa shape index (κ3) is 3.47. The molecule has 4 heteroatoms. The van der Waals surface area contributed by atoms with Gasteiger partial charge in [-0.15, -0.1) is 0 Å². The molecule has 0 saturated carbocycles. The highest BCUT2D eigenvalue weighted by Gasteiger charge is 2.12. The molecule has 0 bridgehead atoms. The van der Waals surface area contributed by atoms with Gasteiger partial charge in [0.2, 0.25) is 5.75 Å². The van der Waals surface area contributed by atoms with Crippen LogP contribution in [0.3, 0.4) is 0 Å². The van der Waals surface area contributed by atoms with Crippen LogP contribution < -0.4 is 19.9 Å². The van der Waals surface area contributed by atoms with E-state index in [2.05, 4.69) is 6.92 Å². The maximum absolute atomic E-state index is 6.01. The molecule has 0 unspecified atom stereocenters. The Labute approximate surface area is 125 Å². The summed E-state index contributed by atoms with van der Waals surface area (Å²) in [4.78, 5) is 0. The summed E-state index contributed by atoms with van der Waals surface area (Å²) in [7, 11) is 3.20. The number of methoxy groups -OCH3 is 2. The smallest absolute Gasteiger partial charge is 0.210 e. The quantitative estimate of drug-likeness (QED) is 0.875. The Bertz CT molecular complexity index is 559. The number of ether oxygens (including phenoxy) is 3. The molecule has 0 aliphatic heterocycles. The summed E-state index contributed by atoms with van der Waals surface area (Å²) in [5.74, 6) is 2.53. The van der Waals surface area contributed by atoms with E-state index in [-0.39, 0.29) is 6.04 Å². The molecule has 0 amide bonds. The number of benzene rings is 2. The van der Waals surface area contributed by atoms with Gasteiger partial charge in [0.1, 0.15) is 5.75 Å². The lowest BCUT2D eigenvalue weighted by Gasteiger charge is -2.14. The van der Waals surface area contributed by atoms with Crippen LogP contribution in [0.1, 0.15) is 24.9 Å². The summed E-state index contributed by atoms with van der Waals surface area (Å²) in [5.41, 5.74) is 7.10. The first kappa shape index (κ1) is 15.2. The van der Waals surface area contributed by atoms with Gasteiger partial charge in [0.05, 0.1) is 14.2 Å². The Balaban J connectivity index is 2.26. The fourth-order valence-corrected chi connectivity index (χ4v) is 2.05. The van der Waals surface area contributed by atoms with Crippen molar-refractivity contribution < 1.29 is 14.2 Å². The van der Waals surface area contributed by atoms with Crippen LogP contribution in [0.25, 0.3) is 0 Å². The van der Waals surface area contributed by atoms with E-state index in [1.807, 2.05) is 42.5 Å². The van der Waals surface area contributed by atoms with Crippen LogP contribution >= 0.6 is 0 Å². The van der Waals surface area contributed by atoms with Crippen molar-refractivity contribution in [3.05, 3.63) is 48.0 Å². The lowest BCUT2D eigenvalue weighted by Crippen LogP contribution is -2.08. The third-order valence-electron chi connectivity index (χ3n) is 3.35. The van der Waals surface area contributed by atoms with E-state index in [0.29, 0.717) is 23.0 Å². The molecule has 1 atom stereocenters. The Hall–Kier alpha value is -2.20. The molecule has 112 valence electrons. The number of rotatable bonds is 6. The van der Waals surface area contributed by atoms with Gasteiger partial charge in [0, 0.05) is 6.04 Å². The van der Waals surface area contributed by atoms with Gasteiger partial charge < -0.3 is 19.9 Å². The molecule has 0 radical (unpaired) electrons. The molecule has 2 N–H and O–H groups in total. The van der Waals surface area contributed by atoms with Crippen LogP contribution in [0, 0.1) is 0 Å². The minimum absolute atomic E-state index is 0.0554. The average Bonchev–Trinajstić information content (AvgIpc) is 2.55. The molecular weight excluding hydrogens is 266 g/mol. The Kier molecular flexibility index (Phi) is 5.06. The fourth-order valence-electron chi connectivity index (χ4n) is 2.05. The molecule has 0 heterocycles. The summed E-state index contributed by atoms with van der Waals surface area (Å²) in [6.07, 6.45) is 0.903. The maximum Gasteiger partial charge on any atom is 0.210 e. The second-order valence-corrected chi connectivity index (χ2v) is 4.68. The summed E-state index contributed by atoms with van der Waals surface area (Å²) < 4.78 is 16.5. The lowest BCUT2D eigenvalue weighted by molar-refractivity contribution is 0.346. The van der Waals surface area contributed by atoms with Gasteiger partial charge in [-0.05, 0) is 36.2 Å². The van der Waals surface area contributed by atoms with E-state index in [1.54, 1.807) is 14.2 Å². The first-order chi connectivity index (χ1) is 10.2. The van der Waals surface area contributed by atoms with Gasteiger partial charge in [-0.25, -0.2) is 0 Å². The summed E-state index contributed by atoms with van der Waals surface area (Å²) in [5, 5.41) is 0. The molecule has 2 aromatic rings. The van der Waals surface area contributed by atoms with Crippen LogP contribution in [0.4, 0.5) is 0 Å². The zero-order valence-electron chi connectivity index (χ0n) is 12.6. The van der Waals surface area contributed by atoms with Crippen LogP contribution in [-0.4, -0.2) is 14.2 Å². The van der Waals surface area contributed by atoms with Gasteiger partial charge in [-0.2, -0.15) is 0 Å². The molecule has 0 fully saturated rings. The van der Waals surface area contributed by atoms with Gasteiger partial charge in [-0.1, -0.05) is 25.1 Å². The predicted molar refractivity (Wildman–Crippen MR) is 83.3 cm³/mol. The fraction of sp³-hybridized carbons (Fsp3) is 0.294. The highest BCUT2D eigenvalue weighted by molar-refractivity contribution is 5.53. The van der Waals surface area contributed by atoms with Gasteiger partial charge in [-0.3, -0.25) is 0 Å². The van der Waals surface area contributed by atoms with Crippen molar-refractivity contribution in [1.29, 1.82) is 0 Å². The van der Waals surface area contributed by atoms with Crippen molar-refractivity contribution in [1.82, 2.24) is 0 Å². The van der Waals surface area contributed by atoms with E-state index in [1.165, 1.54) is 0 Å². The van der Waals surface area contributed by atoms with E-state index < -0.39 is 0 Å². The zero-order valence-corrected chi connectivity index (χ0v) is 12.6. The minimum Gasteiger partial charge on any atom is -0.493 e.